The second-order valence-electron chi connectivity index (χ2n) is 7.27. The molecular formula is C20H24N4O3. The van der Waals surface area contributed by atoms with E-state index in [9.17, 15) is 9.59 Å². The van der Waals surface area contributed by atoms with Gasteiger partial charge in [-0.05, 0) is 24.5 Å². The molecule has 27 heavy (non-hydrogen) atoms. The summed E-state index contributed by atoms with van der Waals surface area (Å²) in [6.45, 7) is 0.265. The number of fused-ring (bicyclic) bond motifs is 1. The van der Waals surface area contributed by atoms with Crippen molar-refractivity contribution in [2.45, 2.75) is 51.5 Å². The Hall–Kier alpha value is -2.83. The molecule has 0 saturated heterocycles. The smallest absolute Gasteiger partial charge is 0.408 e. The summed E-state index contributed by atoms with van der Waals surface area (Å²) in [7, 11) is 0. The van der Waals surface area contributed by atoms with Gasteiger partial charge in [0.1, 0.15) is 0 Å². The molecule has 7 heteroatoms. The van der Waals surface area contributed by atoms with Crippen LogP contribution in [0.5, 0.6) is 0 Å². The Balaban J connectivity index is 1.33. The van der Waals surface area contributed by atoms with Gasteiger partial charge in [0.2, 0.25) is 5.91 Å². The van der Waals surface area contributed by atoms with Crippen molar-refractivity contribution in [2.75, 3.05) is 5.32 Å². The number of H-pyrrole nitrogens is 1. The lowest BCUT2D eigenvalue weighted by molar-refractivity contribution is -0.116. The fourth-order valence-electron chi connectivity index (χ4n) is 3.88. The highest BCUT2D eigenvalue weighted by molar-refractivity contribution is 5.89. The van der Waals surface area contributed by atoms with E-state index in [4.69, 9.17) is 4.42 Å². The Labute approximate surface area is 156 Å². The van der Waals surface area contributed by atoms with Crippen molar-refractivity contribution in [3.63, 3.8) is 0 Å². The lowest BCUT2D eigenvalue weighted by Crippen LogP contribution is -2.19. The van der Waals surface area contributed by atoms with Gasteiger partial charge >= 0.3 is 5.76 Å². The summed E-state index contributed by atoms with van der Waals surface area (Å²) in [5.74, 6) is 0.626. The Morgan fingerprint density at radius 2 is 2.07 bits per heavy atom. The minimum Gasteiger partial charge on any atom is -0.408 e. The molecule has 142 valence electrons. The number of nitrogens with zero attached hydrogens (tertiary/aromatic N) is 2. The minimum atomic E-state index is -0.446. The molecule has 0 bridgehead atoms. The van der Waals surface area contributed by atoms with E-state index in [1.165, 1.54) is 36.7 Å². The zero-order valence-electron chi connectivity index (χ0n) is 15.2. The maximum atomic E-state index is 12.2. The van der Waals surface area contributed by atoms with Gasteiger partial charge in [-0.1, -0.05) is 44.2 Å². The van der Waals surface area contributed by atoms with Crippen molar-refractivity contribution in [3.8, 4) is 0 Å². The number of hydrogen-bond acceptors (Lipinski definition) is 4. The maximum Gasteiger partial charge on any atom is 0.419 e. The molecule has 0 spiro atoms. The molecule has 0 unspecified atom stereocenters. The van der Waals surface area contributed by atoms with Crippen LogP contribution < -0.4 is 11.1 Å². The molecule has 1 aliphatic carbocycles. The van der Waals surface area contributed by atoms with E-state index < -0.39 is 5.76 Å². The molecule has 2 heterocycles. The molecule has 1 amide bonds. The standard InChI is InChI=1S/C20H24N4O3/c25-19(10-11-24-16-8-4-5-9-17(16)27-20(24)26)21-18-13-15(22-23-18)12-14-6-2-1-3-7-14/h4-5,8-9,13-14H,1-3,6-7,10-12H2,(H2,21,22,23,25). The first kappa shape index (κ1) is 17.6. The average Bonchev–Trinajstić information content (AvgIpc) is 3.24. The molecule has 0 radical (unpaired) electrons. The van der Waals surface area contributed by atoms with Gasteiger partial charge in [0.25, 0.3) is 0 Å². The summed E-state index contributed by atoms with van der Waals surface area (Å²) in [6.07, 6.45) is 7.67. The van der Waals surface area contributed by atoms with Crippen LogP contribution >= 0.6 is 0 Å². The lowest BCUT2D eigenvalue weighted by Gasteiger charge is -2.20. The number of para-hydroxylation sites is 2. The van der Waals surface area contributed by atoms with E-state index in [1.807, 2.05) is 24.3 Å². The van der Waals surface area contributed by atoms with Gasteiger partial charge in [0.05, 0.1) is 5.52 Å². The van der Waals surface area contributed by atoms with E-state index in [0.29, 0.717) is 22.8 Å². The van der Waals surface area contributed by atoms with E-state index in [2.05, 4.69) is 15.5 Å². The predicted octanol–water partition coefficient (Wildman–Crippen LogP) is 3.47. The van der Waals surface area contributed by atoms with Gasteiger partial charge in [-0.15, -0.1) is 0 Å². The number of aromatic amines is 1. The van der Waals surface area contributed by atoms with Crippen molar-refractivity contribution < 1.29 is 9.21 Å². The van der Waals surface area contributed by atoms with Crippen LogP contribution in [-0.4, -0.2) is 20.7 Å². The lowest BCUT2D eigenvalue weighted by atomic mass is 9.86. The van der Waals surface area contributed by atoms with Crippen LogP contribution in [0.3, 0.4) is 0 Å². The van der Waals surface area contributed by atoms with Crippen LogP contribution in [0.4, 0.5) is 5.82 Å². The Morgan fingerprint density at radius 3 is 2.93 bits per heavy atom. The number of carbonyl (C=O) groups excluding carboxylic acids is 1. The first-order chi connectivity index (χ1) is 13.2. The number of hydrogen-bond donors (Lipinski definition) is 2. The zero-order valence-corrected chi connectivity index (χ0v) is 15.2. The highest BCUT2D eigenvalue weighted by Crippen LogP contribution is 2.26. The van der Waals surface area contributed by atoms with Gasteiger partial charge in [-0.2, -0.15) is 5.10 Å². The van der Waals surface area contributed by atoms with Gasteiger partial charge in [0, 0.05) is 24.7 Å². The third kappa shape index (κ3) is 4.13. The zero-order chi connectivity index (χ0) is 18.6. The van der Waals surface area contributed by atoms with Crippen LogP contribution in [0.1, 0.15) is 44.2 Å². The molecule has 0 aliphatic heterocycles. The summed E-state index contributed by atoms with van der Waals surface area (Å²) < 4.78 is 6.66. The summed E-state index contributed by atoms with van der Waals surface area (Å²) in [4.78, 5) is 24.2. The van der Waals surface area contributed by atoms with E-state index in [-0.39, 0.29) is 18.9 Å². The molecule has 2 aromatic heterocycles. The number of nitrogens with one attached hydrogen (secondary N) is 2. The first-order valence-electron chi connectivity index (χ1n) is 9.61. The topological polar surface area (TPSA) is 92.9 Å². The van der Waals surface area contributed by atoms with Crippen molar-refractivity contribution >= 4 is 22.8 Å². The molecule has 4 rings (SSSR count). The summed E-state index contributed by atoms with van der Waals surface area (Å²) in [5.41, 5.74) is 2.29. The van der Waals surface area contributed by atoms with E-state index in [0.717, 1.165) is 12.1 Å². The molecule has 0 atom stereocenters. The van der Waals surface area contributed by atoms with Crippen LogP contribution in [-0.2, 0) is 17.8 Å². The van der Waals surface area contributed by atoms with Crippen LogP contribution in [0, 0.1) is 5.92 Å². The Kier molecular flexibility index (Phi) is 5.09. The Morgan fingerprint density at radius 1 is 1.26 bits per heavy atom. The quantitative estimate of drug-likeness (QED) is 0.697. The monoisotopic (exact) mass is 368 g/mol. The van der Waals surface area contributed by atoms with Gasteiger partial charge in [-0.3, -0.25) is 14.5 Å². The van der Waals surface area contributed by atoms with Crippen molar-refractivity contribution in [2.24, 2.45) is 5.92 Å². The number of benzene rings is 1. The molecule has 2 N–H and O–H groups in total. The van der Waals surface area contributed by atoms with Crippen LogP contribution in [0.2, 0.25) is 0 Å². The number of oxazole rings is 1. The predicted molar refractivity (Wildman–Crippen MR) is 103 cm³/mol. The van der Waals surface area contributed by atoms with Crippen LogP contribution in [0.15, 0.2) is 39.5 Å². The maximum absolute atomic E-state index is 12.2. The molecule has 1 aromatic carbocycles. The summed E-state index contributed by atoms with van der Waals surface area (Å²) in [5, 5.41) is 10.0. The highest BCUT2D eigenvalue weighted by atomic mass is 16.4. The van der Waals surface area contributed by atoms with Crippen molar-refractivity contribution in [1.82, 2.24) is 14.8 Å². The third-order valence-electron chi connectivity index (χ3n) is 5.27. The summed E-state index contributed by atoms with van der Waals surface area (Å²) in [6, 6.07) is 9.11. The minimum absolute atomic E-state index is 0.175. The normalized spacial score (nSPS) is 15.3. The fourth-order valence-corrected chi connectivity index (χ4v) is 3.88. The average molecular weight is 368 g/mol. The van der Waals surface area contributed by atoms with Crippen molar-refractivity contribution in [3.05, 3.63) is 46.6 Å². The number of carbonyl (C=O) groups is 1. The van der Waals surface area contributed by atoms with E-state index in [1.54, 1.807) is 6.07 Å². The first-order valence-corrected chi connectivity index (χ1v) is 9.61. The van der Waals surface area contributed by atoms with Gasteiger partial charge in [-0.25, -0.2) is 4.79 Å². The molecular weight excluding hydrogens is 344 g/mol. The Bertz CT molecular complexity index is 978. The SMILES string of the molecule is O=C(CCn1c(=O)oc2ccccc21)Nc1cc(CC2CCCCC2)[nH]n1. The van der Waals surface area contributed by atoms with Gasteiger partial charge < -0.3 is 9.73 Å². The molecule has 7 nitrogen and oxygen atoms in total. The number of aryl methyl sites for hydroxylation is 1. The van der Waals surface area contributed by atoms with Gasteiger partial charge in [0.15, 0.2) is 11.4 Å². The number of amides is 1. The highest BCUT2D eigenvalue weighted by Gasteiger charge is 2.16. The molecule has 1 saturated carbocycles. The fraction of sp³-hybridized carbons (Fsp3) is 0.450. The van der Waals surface area contributed by atoms with Crippen molar-refractivity contribution in [1.29, 1.82) is 0 Å². The van der Waals surface area contributed by atoms with E-state index >= 15 is 0 Å². The molecule has 3 aromatic rings. The molecule has 1 aliphatic rings. The second-order valence-corrected chi connectivity index (χ2v) is 7.27. The third-order valence-corrected chi connectivity index (χ3v) is 5.27. The largest absolute Gasteiger partial charge is 0.419 e. The number of anilines is 1. The van der Waals surface area contributed by atoms with Crippen LogP contribution in [0.25, 0.3) is 11.1 Å². The number of aromatic nitrogens is 3. The molecule has 1 fully saturated rings. The summed E-state index contributed by atoms with van der Waals surface area (Å²) >= 11 is 0. The second kappa shape index (κ2) is 7.82. The number of rotatable bonds is 6.